The van der Waals surface area contributed by atoms with E-state index in [4.69, 9.17) is 9.47 Å². The average molecular weight is 264 g/mol. The molecule has 0 fully saturated rings. The van der Waals surface area contributed by atoms with E-state index in [1.165, 1.54) is 19.3 Å². The van der Waals surface area contributed by atoms with Gasteiger partial charge in [-0.05, 0) is 30.5 Å². The molecule has 0 spiro atoms. The maximum absolute atomic E-state index is 10.7. The van der Waals surface area contributed by atoms with Crippen molar-refractivity contribution in [2.24, 2.45) is 5.92 Å². The zero-order valence-electron chi connectivity index (χ0n) is 12.1. The molecule has 1 aromatic rings. The molecule has 0 aliphatic carbocycles. The number of methoxy groups -OCH3 is 1. The van der Waals surface area contributed by atoms with Gasteiger partial charge in [0.05, 0.1) is 13.7 Å². The minimum absolute atomic E-state index is 0.607. The summed E-state index contributed by atoms with van der Waals surface area (Å²) < 4.78 is 10.9. The van der Waals surface area contributed by atoms with Crippen LogP contribution in [0.4, 0.5) is 0 Å². The number of unbranched alkanes of at least 4 members (excludes halogenated alkanes) is 2. The van der Waals surface area contributed by atoms with Crippen molar-refractivity contribution in [3.8, 4) is 11.5 Å². The lowest BCUT2D eigenvalue weighted by molar-refractivity contribution is 0.112. The Labute approximate surface area is 115 Å². The van der Waals surface area contributed by atoms with Crippen LogP contribution in [0.1, 0.15) is 49.9 Å². The van der Waals surface area contributed by atoms with E-state index in [2.05, 4.69) is 13.8 Å². The highest BCUT2D eigenvalue weighted by atomic mass is 16.5. The highest BCUT2D eigenvalue weighted by Gasteiger charge is 2.05. The molecular weight excluding hydrogens is 240 g/mol. The molecular formula is C16H24O3. The molecule has 19 heavy (non-hydrogen) atoms. The first-order valence-corrected chi connectivity index (χ1v) is 6.93. The second kappa shape index (κ2) is 8.57. The highest BCUT2D eigenvalue weighted by Crippen LogP contribution is 2.27. The summed E-state index contributed by atoms with van der Waals surface area (Å²) in [7, 11) is 1.60. The van der Waals surface area contributed by atoms with Gasteiger partial charge in [0, 0.05) is 5.56 Å². The molecule has 1 aromatic carbocycles. The molecule has 106 valence electrons. The predicted molar refractivity (Wildman–Crippen MR) is 77.2 cm³/mol. The molecule has 0 aromatic heterocycles. The summed E-state index contributed by atoms with van der Waals surface area (Å²) in [5.74, 6) is 2.09. The van der Waals surface area contributed by atoms with Crippen molar-refractivity contribution in [1.82, 2.24) is 0 Å². The maximum Gasteiger partial charge on any atom is 0.161 e. The van der Waals surface area contributed by atoms with Gasteiger partial charge in [-0.15, -0.1) is 0 Å². The quantitative estimate of drug-likeness (QED) is 0.497. The Balaban J connectivity index is 2.37. The van der Waals surface area contributed by atoms with Crippen LogP contribution in [0.15, 0.2) is 18.2 Å². The zero-order valence-corrected chi connectivity index (χ0v) is 12.1. The number of benzene rings is 1. The van der Waals surface area contributed by atoms with Crippen LogP contribution in [0.3, 0.4) is 0 Å². The van der Waals surface area contributed by atoms with Crippen LogP contribution in [-0.4, -0.2) is 20.0 Å². The first-order valence-electron chi connectivity index (χ1n) is 6.93. The van der Waals surface area contributed by atoms with Crippen molar-refractivity contribution in [1.29, 1.82) is 0 Å². The number of carbonyl (C=O) groups excluding carboxylic acids is 1. The summed E-state index contributed by atoms with van der Waals surface area (Å²) in [6.45, 7) is 5.15. The van der Waals surface area contributed by atoms with Crippen LogP contribution >= 0.6 is 0 Å². The minimum atomic E-state index is 0.607. The fourth-order valence-electron chi connectivity index (χ4n) is 1.89. The number of rotatable bonds is 9. The Morgan fingerprint density at radius 2 is 1.95 bits per heavy atom. The van der Waals surface area contributed by atoms with Crippen molar-refractivity contribution in [3.05, 3.63) is 23.8 Å². The van der Waals surface area contributed by atoms with E-state index in [0.29, 0.717) is 23.7 Å². The molecule has 0 amide bonds. The largest absolute Gasteiger partial charge is 0.493 e. The van der Waals surface area contributed by atoms with Crippen molar-refractivity contribution < 1.29 is 14.3 Å². The van der Waals surface area contributed by atoms with Gasteiger partial charge in [-0.1, -0.05) is 33.1 Å². The molecule has 0 aliphatic heterocycles. The van der Waals surface area contributed by atoms with E-state index in [0.717, 1.165) is 18.6 Å². The number of hydrogen-bond donors (Lipinski definition) is 0. The molecule has 0 saturated heterocycles. The third-order valence-electron chi connectivity index (χ3n) is 3.01. The van der Waals surface area contributed by atoms with Crippen LogP contribution in [0, 0.1) is 5.92 Å². The lowest BCUT2D eigenvalue weighted by Crippen LogP contribution is -2.00. The second-order valence-corrected chi connectivity index (χ2v) is 5.12. The molecule has 0 N–H and O–H groups in total. The molecule has 3 nitrogen and oxygen atoms in total. The minimum Gasteiger partial charge on any atom is -0.493 e. The standard InChI is InChI=1S/C16H24O3/c1-13(2)7-5-4-6-10-19-16-11-14(12-17)8-9-15(16)18-3/h8-9,11-13H,4-7,10H2,1-3H3. The summed E-state index contributed by atoms with van der Waals surface area (Å²) in [5.41, 5.74) is 0.607. The van der Waals surface area contributed by atoms with E-state index in [-0.39, 0.29) is 0 Å². The first kappa shape index (κ1) is 15.5. The molecule has 0 aliphatic rings. The lowest BCUT2D eigenvalue weighted by atomic mass is 10.1. The SMILES string of the molecule is COc1ccc(C=O)cc1OCCCCCC(C)C. The van der Waals surface area contributed by atoms with Crippen LogP contribution in [-0.2, 0) is 0 Å². The Bertz CT molecular complexity index is 386. The molecule has 0 heterocycles. The van der Waals surface area contributed by atoms with Gasteiger partial charge >= 0.3 is 0 Å². The summed E-state index contributed by atoms with van der Waals surface area (Å²) >= 11 is 0. The van der Waals surface area contributed by atoms with Crippen molar-refractivity contribution in [3.63, 3.8) is 0 Å². The lowest BCUT2D eigenvalue weighted by Gasteiger charge is -2.11. The van der Waals surface area contributed by atoms with E-state index in [1.807, 2.05) is 0 Å². The third kappa shape index (κ3) is 5.77. The molecule has 0 atom stereocenters. The summed E-state index contributed by atoms with van der Waals surface area (Å²) in [5, 5.41) is 0. The topological polar surface area (TPSA) is 35.5 Å². The smallest absolute Gasteiger partial charge is 0.161 e. The van der Waals surface area contributed by atoms with Crippen molar-refractivity contribution in [2.75, 3.05) is 13.7 Å². The highest BCUT2D eigenvalue weighted by molar-refractivity contribution is 5.76. The van der Waals surface area contributed by atoms with Gasteiger partial charge in [0.25, 0.3) is 0 Å². The summed E-state index contributed by atoms with van der Waals surface area (Å²) in [4.78, 5) is 10.7. The third-order valence-corrected chi connectivity index (χ3v) is 3.01. The fourth-order valence-corrected chi connectivity index (χ4v) is 1.89. The normalized spacial score (nSPS) is 10.5. The molecule has 0 saturated carbocycles. The number of carbonyl (C=O) groups is 1. The molecule has 0 radical (unpaired) electrons. The van der Waals surface area contributed by atoms with E-state index >= 15 is 0 Å². The molecule has 0 unspecified atom stereocenters. The molecule has 3 heteroatoms. The summed E-state index contributed by atoms with van der Waals surface area (Å²) in [6, 6.07) is 5.21. The second-order valence-electron chi connectivity index (χ2n) is 5.12. The Hall–Kier alpha value is -1.51. The predicted octanol–water partition coefficient (Wildman–Crippen LogP) is 4.10. The average Bonchev–Trinajstić information content (AvgIpc) is 2.42. The van der Waals surface area contributed by atoms with Gasteiger partial charge in [0.1, 0.15) is 6.29 Å². The number of ether oxygens (including phenoxy) is 2. The van der Waals surface area contributed by atoms with Gasteiger partial charge in [-0.25, -0.2) is 0 Å². The van der Waals surface area contributed by atoms with Crippen molar-refractivity contribution >= 4 is 6.29 Å². The monoisotopic (exact) mass is 264 g/mol. The van der Waals surface area contributed by atoms with Crippen molar-refractivity contribution in [2.45, 2.75) is 39.5 Å². The molecule has 0 bridgehead atoms. The molecule has 1 rings (SSSR count). The first-order chi connectivity index (χ1) is 9.17. The van der Waals surface area contributed by atoms with Gasteiger partial charge < -0.3 is 9.47 Å². The van der Waals surface area contributed by atoms with E-state index in [9.17, 15) is 4.79 Å². The van der Waals surface area contributed by atoms with Gasteiger partial charge in [0.15, 0.2) is 11.5 Å². The Morgan fingerprint density at radius 3 is 2.58 bits per heavy atom. The number of hydrogen-bond acceptors (Lipinski definition) is 3. The van der Waals surface area contributed by atoms with E-state index < -0.39 is 0 Å². The van der Waals surface area contributed by atoms with Crippen LogP contribution < -0.4 is 9.47 Å². The Kier molecular flexibility index (Phi) is 7.01. The van der Waals surface area contributed by atoms with Gasteiger partial charge in [-0.3, -0.25) is 4.79 Å². The Morgan fingerprint density at radius 1 is 1.16 bits per heavy atom. The fraction of sp³-hybridized carbons (Fsp3) is 0.562. The zero-order chi connectivity index (χ0) is 14.1. The van der Waals surface area contributed by atoms with Crippen LogP contribution in [0.5, 0.6) is 11.5 Å². The summed E-state index contributed by atoms with van der Waals surface area (Å²) in [6.07, 6.45) is 5.53. The van der Waals surface area contributed by atoms with Gasteiger partial charge in [0.2, 0.25) is 0 Å². The number of aldehydes is 1. The van der Waals surface area contributed by atoms with Gasteiger partial charge in [-0.2, -0.15) is 0 Å². The van der Waals surface area contributed by atoms with E-state index in [1.54, 1.807) is 25.3 Å². The van der Waals surface area contributed by atoms with Crippen LogP contribution in [0.2, 0.25) is 0 Å². The van der Waals surface area contributed by atoms with Crippen LogP contribution in [0.25, 0.3) is 0 Å². The maximum atomic E-state index is 10.7.